The smallest absolute Gasteiger partial charge is 0.141 e. The van der Waals surface area contributed by atoms with Gasteiger partial charge in [0, 0.05) is 34.7 Å². The van der Waals surface area contributed by atoms with Crippen molar-refractivity contribution in [1.29, 1.82) is 0 Å². The second-order valence-electron chi connectivity index (χ2n) is 4.79. The van der Waals surface area contributed by atoms with Gasteiger partial charge in [-0.2, -0.15) is 5.10 Å². The monoisotopic (exact) mass is 368 g/mol. The fourth-order valence-electron chi connectivity index (χ4n) is 2.16. The zero-order valence-electron chi connectivity index (χ0n) is 11.4. The molecule has 0 bridgehead atoms. The number of hydrogen-bond donors (Lipinski definition) is 0. The number of carbonyl (C=O) groups is 1. The lowest BCUT2D eigenvalue weighted by Crippen LogP contribution is -2.08. The molecule has 0 amide bonds. The molecule has 2 aromatic rings. The first kappa shape index (κ1) is 14.2. The Morgan fingerprint density at radius 2 is 1.84 bits per heavy atom. The second-order valence-corrected chi connectivity index (χ2v) is 6.04. The normalized spacial score (nSPS) is 10.7. The Labute approximate surface area is 127 Å². The zero-order chi connectivity index (χ0) is 14.0. The van der Waals surface area contributed by atoms with Crippen LogP contribution in [0.15, 0.2) is 24.3 Å². The molecular weight excluding hydrogens is 351 g/mol. The van der Waals surface area contributed by atoms with Crippen LogP contribution in [0.25, 0.3) is 0 Å². The summed E-state index contributed by atoms with van der Waals surface area (Å²) >= 11 is 2.26. The van der Waals surface area contributed by atoms with E-state index >= 15 is 0 Å². The van der Waals surface area contributed by atoms with E-state index in [0.717, 1.165) is 22.5 Å². The number of rotatable bonds is 4. The van der Waals surface area contributed by atoms with Crippen molar-refractivity contribution in [1.82, 2.24) is 9.78 Å². The summed E-state index contributed by atoms with van der Waals surface area (Å²) in [5, 5.41) is 4.35. The summed E-state index contributed by atoms with van der Waals surface area (Å²) in [5.41, 5.74) is 4.17. The van der Waals surface area contributed by atoms with Crippen molar-refractivity contribution in [2.24, 2.45) is 7.05 Å². The number of nitrogens with zero attached hydrogens (tertiary/aromatic N) is 2. The van der Waals surface area contributed by atoms with Gasteiger partial charge in [0.1, 0.15) is 5.78 Å². The van der Waals surface area contributed by atoms with E-state index in [0.29, 0.717) is 12.8 Å². The summed E-state index contributed by atoms with van der Waals surface area (Å²) in [6.07, 6.45) is 0.961. The van der Waals surface area contributed by atoms with E-state index in [4.69, 9.17) is 0 Å². The van der Waals surface area contributed by atoms with Crippen LogP contribution in [0.5, 0.6) is 0 Å². The van der Waals surface area contributed by atoms with Crippen LogP contribution in [0.3, 0.4) is 0 Å². The summed E-state index contributed by atoms with van der Waals surface area (Å²) in [4.78, 5) is 12.1. The molecule has 1 aromatic carbocycles. The largest absolute Gasteiger partial charge is 0.299 e. The summed E-state index contributed by atoms with van der Waals surface area (Å²) in [5.74, 6) is 0.236. The molecule has 1 aromatic heterocycles. The van der Waals surface area contributed by atoms with Gasteiger partial charge >= 0.3 is 0 Å². The van der Waals surface area contributed by atoms with Gasteiger partial charge in [-0.05, 0) is 54.1 Å². The Bertz CT molecular complexity index is 599. The van der Waals surface area contributed by atoms with Crippen LogP contribution in [-0.2, 0) is 24.7 Å². The predicted octanol–water partition coefficient (Wildman–Crippen LogP) is 3.00. The summed E-state index contributed by atoms with van der Waals surface area (Å²) in [6.45, 7) is 3.97. The maximum atomic E-state index is 12.1. The molecule has 0 N–H and O–H groups in total. The third kappa shape index (κ3) is 3.43. The van der Waals surface area contributed by atoms with Crippen molar-refractivity contribution in [2.45, 2.75) is 26.7 Å². The van der Waals surface area contributed by atoms with Crippen LogP contribution < -0.4 is 0 Å². The fourth-order valence-corrected chi connectivity index (χ4v) is 2.52. The van der Waals surface area contributed by atoms with E-state index in [9.17, 15) is 4.79 Å². The van der Waals surface area contributed by atoms with Crippen molar-refractivity contribution < 1.29 is 4.79 Å². The quantitative estimate of drug-likeness (QED) is 0.778. The lowest BCUT2D eigenvalue weighted by Gasteiger charge is -2.03. The molecule has 2 rings (SSSR count). The number of halogens is 1. The highest BCUT2D eigenvalue weighted by Gasteiger charge is 2.13. The minimum atomic E-state index is 0.236. The van der Waals surface area contributed by atoms with Gasteiger partial charge in [0.15, 0.2) is 0 Å². The van der Waals surface area contributed by atoms with E-state index in [-0.39, 0.29) is 5.78 Å². The van der Waals surface area contributed by atoms with Gasteiger partial charge in [0.25, 0.3) is 0 Å². The Balaban J connectivity index is 2.07. The lowest BCUT2D eigenvalue weighted by atomic mass is 10.0. The molecule has 19 heavy (non-hydrogen) atoms. The third-order valence-corrected chi connectivity index (χ3v) is 4.07. The topological polar surface area (TPSA) is 34.9 Å². The first-order valence-electron chi connectivity index (χ1n) is 6.22. The second kappa shape index (κ2) is 5.86. The molecule has 0 spiro atoms. The molecule has 4 heteroatoms. The van der Waals surface area contributed by atoms with Crippen molar-refractivity contribution in [3.63, 3.8) is 0 Å². The first-order chi connectivity index (χ1) is 8.97. The van der Waals surface area contributed by atoms with Crippen LogP contribution in [-0.4, -0.2) is 15.6 Å². The third-order valence-electron chi connectivity index (χ3n) is 3.35. The van der Waals surface area contributed by atoms with E-state index < -0.39 is 0 Å². The van der Waals surface area contributed by atoms with Crippen molar-refractivity contribution in [3.8, 4) is 0 Å². The van der Waals surface area contributed by atoms with Crippen molar-refractivity contribution in [2.75, 3.05) is 0 Å². The number of ketones is 1. The molecule has 100 valence electrons. The Morgan fingerprint density at radius 3 is 2.37 bits per heavy atom. The van der Waals surface area contributed by atoms with Gasteiger partial charge in [-0.25, -0.2) is 0 Å². The molecule has 0 aliphatic carbocycles. The lowest BCUT2D eigenvalue weighted by molar-refractivity contribution is -0.117. The first-order valence-corrected chi connectivity index (χ1v) is 7.30. The van der Waals surface area contributed by atoms with E-state index in [1.807, 2.05) is 49.8 Å². The number of hydrogen-bond acceptors (Lipinski definition) is 2. The van der Waals surface area contributed by atoms with Gasteiger partial charge in [-0.1, -0.05) is 12.1 Å². The van der Waals surface area contributed by atoms with Gasteiger partial charge in [0.2, 0.25) is 0 Å². The number of aromatic nitrogens is 2. The Morgan fingerprint density at radius 1 is 1.21 bits per heavy atom. The van der Waals surface area contributed by atoms with Gasteiger partial charge in [-0.3, -0.25) is 9.48 Å². The molecule has 0 saturated heterocycles. The highest BCUT2D eigenvalue weighted by Crippen LogP contribution is 2.14. The average molecular weight is 368 g/mol. The SMILES string of the molecule is Cc1nn(C)c(C)c1CC(=O)Cc1ccc(I)cc1. The fraction of sp³-hybridized carbons (Fsp3) is 0.333. The molecule has 3 nitrogen and oxygen atoms in total. The number of carbonyl (C=O) groups excluding carboxylic acids is 1. The maximum absolute atomic E-state index is 12.1. The van der Waals surface area contributed by atoms with Gasteiger partial charge in [-0.15, -0.1) is 0 Å². The minimum Gasteiger partial charge on any atom is -0.299 e. The summed E-state index contributed by atoms with van der Waals surface area (Å²) < 4.78 is 3.02. The van der Waals surface area contributed by atoms with Gasteiger partial charge < -0.3 is 0 Å². The van der Waals surface area contributed by atoms with Crippen LogP contribution >= 0.6 is 22.6 Å². The number of Topliss-reactive ketones (excluding diaryl/α,β-unsaturated/α-hetero) is 1. The van der Waals surface area contributed by atoms with Crippen molar-refractivity contribution >= 4 is 28.4 Å². The average Bonchev–Trinajstić information content (AvgIpc) is 2.59. The molecule has 0 unspecified atom stereocenters. The van der Waals surface area contributed by atoms with Crippen LogP contribution in [0.4, 0.5) is 0 Å². The molecule has 0 radical (unpaired) electrons. The molecule has 0 atom stereocenters. The van der Waals surface area contributed by atoms with E-state index in [1.54, 1.807) is 0 Å². The maximum Gasteiger partial charge on any atom is 0.141 e. The molecule has 0 saturated carbocycles. The summed E-state index contributed by atoms with van der Waals surface area (Å²) in [6, 6.07) is 8.10. The summed E-state index contributed by atoms with van der Waals surface area (Å²) in [7, 11) is 1.91. The number of benzene rings is 1. The number of aryl methyl sites for hydroxylation is 2. The molecule has 0 aliphatic rings. The van der Waals surface area contributed by atoms with Crippen molar-refractivity contribution in [3.05, 3.63) is 50.4 Å². The highest BCUT2D eigenvalue weighted by molar-refractivity contribution is 14.1. The van der Waals surface area contributed by atoms with E-state index in [2.05, 4.69) is 27.7 Å². The molecule has 0 fully saturated rings. The van der Waals surface area contributed by atoms with E-state index in [1.165, 1.54) is 3.57 Å². The predicted molar refractivity (Wildman–Crippen MR) is 84.3 cm³/mol. The standard InChI is InChI=1S/C15H17IN2O/c1-10-15(11(2)18(3)17-10)9-14(19)8-12-4-6-13(16)7-5-12/h4-7H,8-9H2,1-3H3. The van der Waals surface area contributed by atoms with Crippen LogP contribution in [0.2, 0.25) is 0 Å². The Kier molecular flexibility index (Phi) is 4.39. The minimum absolute atomic E-state index is 0.236. The van der Waals surface area contributed by atoms with Crippen LogP contribution in [0.1, 0.15) is 22.5 Å². The molecule has 0 aliphatic heterocycles. The van der Waals surface area contributed by atoms with Crippen LogP contribution in [0, 0.1) is 17.4 Å². The molecular formula is C15H17IN2O. The molecule has 1 heterocycles. The Hall–Kier alpha value is -1.17. The van der Waals surface area contributed by atoms with Gasteiger partial charge in [0.05, 0.1) is 5.69 Å². The highest BCUT2D eigenvalue weighted by atomic mass is 127. The zero-order valence-corrected chi connectivity index (χ0v) is 13.6.